The van der Waals surface area contributed by atoms with Gasteiger partial charge in [-0.3, -0.25) is 0 Å². The maximum absolute atomic E-state index is 4.51. The zero-order valence-corrected chi connectivity index (χ0v) is 14.5. The van der Waals surface area contributed by atoms with Gasteiger partial charge in [-0.25, -0.2) is 14.6 Å². The van der Waals surface area contributed by atoms with Crippen LogP contribution in [0.2, 0.25) is 0 Å². The number of hydrogen-bond donors (Lipinski definition) is 2. The van der Waals surface area contributed by atoms with E-state index in [1.54, 1.807) is 6.33 Å². The number of hydrogen-bond acceptors (Lipinski definition) is 6. The van der Waals surface area contributed by atoms with Crippen LogP contribution in [0, 0.1) is 0 Å². The zero-order valence-electron chi connectivity index (χ0n) is 14.5. The minimum atomic E-state index is 0.731. The number of fused-ring (bicyclic) bond motifs is 1. The van der Waals surface area contributed by atoms with Gasteiger partial charge in [0.1, 0.15) is 12.1 Å². The van der Waals surface area contributed by atoms with Gasteiger partial charge in [-0.2, -0.15) is 5.10 Å². The molecule has 2 N–H and O–H groups in total. The van der Waals surface area contributed by atoms with Crippen molar-refractivity contribution in [2.45, 2.75) is 39.2 Å². The molecule has 24 heavy (non-hydrogen) atoms. The molecule has 0 aromatic carbocycles. The van der Waals surface area contributed by atoms with Crippen molar-refractivity contribution < 1.29 is 0 Å². The molecular weight excluding hydrogens is 302 g/mol. The van der Waals surface area contributed by atoms with Gasteiger partial charge in [0, 0.05) is 13.1 Å². The molecule has 1 aliphatic heterocycles. The van der Waals surface area contributed by atoms with Crippen LogP contribution in [0.3, 0.4) is 0 Å². The third-order valence-corrected chi connectivity index (χ3v) is 4.42. The van der Waals surface area contributed by atoms with Crippen LogP contribution in [-0.2, 0) is 6.54 Å². The molecular formula is C17H27N7. The molecule has 7 heteroatoms. The second-order valence-corrected chi connectivity index (χ2v) is 6.22. The fourth-order valence-corrected chi connectivity index (χ4v) is 3.15. The molecule has 0 radical (unpaired) electrons. The van der Waals surface area contributed by atoms with Gasteiger partial charge in [0.25, 0.3) is 0 Å². The monoisotopic (exact) mass is 329 g/mol. The summed E-state index contributed by atoms with van der Waals surface area (Å²) in [6.45, 7) is 11.1. The Morgan fingerprint density at radius 1 is 1.17 bits per heavy atom. The number of likely N-dealkylation sites (tertiary alicyclic amines) is 1. The van der Waals surface area contributed by atoms with Gasteiger partial charge in [-0.1, -0.05) is 19.4 Å². The fourth-order valence-electron chi connectivity index (χ4n) is 3.15. The standard InChI is InChI=1S/C17H27N7/c1-3-18-14(2)22-16-15-12-21-24(17(15)20-13-19-16)11-10-23-8-6-4-5-7-9-23/h12-13,18H,2-11H2,1H3,(H,19,20,22). The Hall–Kier alpha value is -2.15. The molecule has 1 saturated heterocycles. The number of rotatable bonds is 7. The van der Waals surface area contributed by atoms with Crippen LogP contribution in [0.5, 0.6) is 0 Å². The Morgan fingerprint density at radius 2 is 1.96 bits per heavy atom. The van der Waals surface area contributed by atoms with E-state index in [4.69, 9.17) is 0 Å². The minimum absolute atomic E-state index is 0.731. The van der Waals surface area contributed by atoms with E-state index in [1.807, 2.05) is 17.8 Å². The summed E-state index contributed by atoms with van der Waals surface area (Å²) in [5.41, 5.74) is 0.867. The van der Waals surface area contributed by atoms with E-state index in [1.165, 1.54) is 38.8 Å². The second kappa shape index (κ2) is 8.10. The molecule has 2 aromatic heterocycles. The highest BCUT2D eigenvalue weighted by atomic mass is 15.3. The first kappa shape index (κ1) is 16.7. The van der Waals surface area contributed by atoms with E-state index >= 15 is 0 Å². The van der Waals surface area contributed by atoms with Crippen LogP contribution in [0.15, 0.2) is 24.9 Å². The Morgan fingerprint density at radius 3 is 2.71 bits per heavy atom. The van der Waals surface area contributed by atoms with Crippen molar-refractivity contribution in [1.82, 2.24) is 30.0 Å². The highest BCUT2D eigenvalue weighted by molar-refractivity contribution is 5.86. The largest absolute Gasteiger partial charge is 0.372 e. The normalized spacial score (nSPS) is 16.0. The van der Waals surface area contributed by atoms with Gasteiger partial charge >= 0.3 is 0 Å². The topological polar surface area (TPSA) is 70.9 Å². The average molecular weight is 329 g/mol. The first-order valence-electron chi connectivity index (χ1n) is 8.86. The van der Waals surface area contributed by atoms with Crippen molar-refractivity contribution >= 4 is 16.9 Å². The van der Waals surface area contributed by atoms with E-state index in [-0.39, 0.29) is 0 Å². The quantitative estimate of drug-likeness (QED) is 0.811. The molecule has 7 nitrogen and oxygen atoms in total. The van der Waals surface area contributed by atoms with Crippen LogP contribution < -0.4 is 10.6 Å². The minimum Gasteiger partial charge on any atom is -0.372 e. The van der Waals surface area contributed by atoms with Crippen molar-refractivity contribution in [2.24, 2.45) is 0 Å². The van der Waals surface area contributed by atoms with Crippen LogP contribution in [-0.4, -0.2) is 50.8 Å². The molecule has 0 aliphatic carbocycles. The van der Waals surface area contributed by atoms with Gasteiger partial charge in [0.05, 0.1) is 23.9 Å². The molecule has 0 unspecified atom stereocenters. The average Bonchev–Trinajstić information content (AvgIpc) is 2.81. The lowest BCUT2D eigenvalue weighted by Gasteiger charge is -2.19. The molecule has 0 atom stereocenters. The van der Waals surface area contributed by atoms with Crippen LogP contribution in [0.25, 0.3) is 11.0 Å². The number of anilines is 1. The second-order valence-electron chi connectivity index (χ2n) is 6.22. The van der Waals surface area contributed by atoms with Crippen molar-refractivity contribution in [3.63, 3.8) is 0 Å². The molecule has 130 valence electrons. The highest BCUT2D eigenvalue weighted by Gasteiger charge is 2.13. The molecule has 3 heterocycles. The summed E-state index contributed by atoms with van der Waals surface area (Å²) in [4.78, 5) is 11.3. The summed E-state index contributed by atoms with van der Waals surface area (Å²) in [5, 5.41) is 11.8. The summed E-state index contributed by atoms with van der Waals surface area (Å²) in [5.74, 6) is 1.47. The molecule has 0 amide bonds. The van der Waals surface area contributed by atoms with Crippen molar-refractivity contribution in [3.05, 3.63) is 24.9 Å². The predicted molar refractivity (Wildman–Crippen MR) is 96.7 cm³/mol. The summed E-state index contributed by atoms with van der Waals surface area (Å²) in [6, 6.07) is 0. The number of nitrogens with zero attached hydrogens (tertiary/aromatic N) is 5. The van der Waals surface area contributed by atoms with Crippen molar-refractivity contribution in [2.75, 3.05) is 31.5 Å². The molecule has 0 bridgehead atoms. The summed E-state index contributed by atoms with van der Waals surface area (Å²) in [7, 11) is 0. The van der Waals surface area contributed by atoms with Crippen LogP contribution in [0.1, 0.15) is 32.6 Å². The Balaban J connectivity index is 1.69. The summed E-state index contributed by atoms with van der Waals surface area (Å²) >= 11 is 0. The maximum atomic E-state index is 4.51. The van der Waals surface area contributed by atoms with E-state index in [0.717, 1.165) is 42.3 Å². The third kappa shape index (κ3) is 4.03. The molecule has 1 fully saturated rings. The molecule has 1 aliphatic rings. The summed E-state index contributed by atoms with van der Waals surface area (Å²) < 4.78 is 1.98. The van der Waals surface area contributed by atoms with Gasteiger partial charge in [-0.15, -0.1) is 0 Å². The highest BCUT2D eigenvalue weighted by Crippen LogP contribution is 2.19. The molecule has 3 rings (SSSR count). The Bertz CT molecular complexity index is 671. The predicted octanol–water partition coefficient (Wildman–Crippen LogP) is 2.19. The first-order chi connectivity index (χ1) is 11.8. The lowest BCUT2D eigenvalue weighted by molar-refractivity contribution is 0.270. The van der Waals surface area contributed by atoms with Crippen LogP contribution >= 0.6 is 0 Å². The van der Waals surface area contributed by atoms with E-state index in [2.05, 4.69) is 37.2 Å². The maximum Gasteiger partial charge on any atom is 0.163 e. The lowest BCUT2D eigenvalue weighted by atomic mass is 10.2. The van der Waals surface area contributed by atoms with Gasteiger partial charge in [0.15, 0.2) is 5.65 Å². The Kier molecular flexibility index (Phi) is 5.63. The number of aromatic nitrogens is 4. The van der Waals surface area contributed by atoms with Gasteiger partial charge in [0.2, 0.25) is 0 Å². The van der Waals surface area contributed by atoms with E-state index < -0.39 is 0 Å². The van der Waals surface area contributed by atoms with E-state index in [9.17, 15) is 0 Å². The van der Waals surface area contributed by atoms with Gasteiger partial charge in [-0.05, 0) is 32.9 Å². The zero-order chi connectivity index (χ0) is 16.8. The first-order valence-corrected chi connectivity index (χ1v) is 8.86. The molecule has 0 spiro atoms. The summed E-state index contributed by atoms with van der Waals surface area (Å²) in [6.07, 6.45) is 8.75. The number of nitrogens with one attached hydrogen (secondary N) is 2. The van der Waals surface area contributed by atoms with Crippen molar-refractivity contribution in [3.8, 4) is 0 Å². The molecule has 0 saturated carbocycles. The van der Waals surface area contributed by atoms with E-state index in [0.29, 0.717) is 0 Å². The Labute approximate surface area is 143 Å². The third-order valence-electron chi connectivity index (χ3n) is 4.42. The molecule has 2 aromatic rings. The fraction of sp³-hybridized carbons (Fsp3) is 0.588. The van der Waals surface area contributed by atoms with Crippen molar-refractivity contribution in [1.29, 1.82) is 0 Å². The van der Waals surface area contributed by atoms with Crippen LogP contribution in [0.4, 0.5) is 5.82 Å². The smallest absolute Gasteiger partial charge is 0.163 e. The lowest BCUT2D eigenvalue weighted by Crippen LogP contribution is -2.28. The SMILES string of the molecule is C=C(NCC)Nc1ncnc2c1cnn2CCN1CCCCCC1. The van der Waals surface area contributed by atoms with Gasteiger partial charge < -0.3 is 15.5 Å².